The van der Waals surface area contributed by atoms with Crippen LogP contribution >= 0.6 is 11.3 Å². The Labute approximate surface area is 171 Å². The van der Waals surface area contributed by atoms with Gasteiger partial charge in [-0.05, 0) is 30.9 Å². The molecule has 1 aliphatic rings. The minimum Gasteiger partial charge on any atom is -0.482 e. The zero-order valence-corrected chi connectivity index (χ0v) is 16.6. The Kier molecular flexibility index (Phi) is 5.85. The van der Waals surface area contributed by atoms with E-state index in [1.807, 2.05) is 35.2 Å². The third-order valence-corrected chi connectivity index (χ3v) is 5.83. The predicted octanol–water partition coefficient (Wildman–Crippen LogP) is 3.18. The molecule has 3 aromatic rings. The Morgan fingerprint density at radius 3 is 2.69 bits per heavy atom. The summed E-state index contributed by atoms with van der Waals surface area (Å²) >= 11 is 1.31. The van der Waals surface area contributed by atoms with Gasteiger partial charge in [0.2, 0.25) is 5.95 Å². The van der Waals surface area contributed by atoms with E-state index in [2.05, 4.69) is 20.5 Å². The Morgan fingerprint density at radius 2 is 1.97 bits per heavy atom. The molecule has 29 heavy (non-hydrogen) atoms. The van der Waals surface area contributed by atoms with Crippen LogP contribution in [0.15, 0.2) is 42.7 Å². The molecule has 1 saturated heterocycles. The smallest absolute Gasteiger partial charge is 0.271 e. The van der Waals surface area contributed by atoms with Crippen molar-refractivity contribution in [1.82, 2.24) is 20.1 Å². The van der Waals surface area contributed by atoms with E-state index in [-0.39, 0.29) is 24.4 Å². The molecule has 8 nitrogen and oxygen atoms in total. The van der Waals surface area contributed by atoms with E-state index in [0.29, 0.717) is 10.6 Å². The molecular weight excluding hydrogens is 390 g/mol. The van der Waals surface area contributed by atoms with Gasteiger partial charge in [-0.15, -0.1) is 11.3 Å². The average Bonchev–Trinajstić information content (AvgIpc) is 3.43. The number of hydrogen-bond acceptors (Lipinski definition) is 6. The monoisotopic (exact) mass is 411 g/mol. The highest BCUT2D eigenvalue weighted by Crippen LogP contribution is 2.36. The van der Waals surface area contributed by atoms with Crippen LogP contribution in [-0.2, 0) is 4.79 Å². The van der Waals surface area contributed by atoms with Crippen molar-refractivity contribution in [2.75, 3.05) is 25.0 Å². The number of likely N-dealkylation sites (tertiary alicyclic amines) is 1. The lowest BCUT2D eigenvalue weighted by Gasteiger charge is -2.26. The van der Waals surface area contributed by atoms with Gasteiger partial charge in [-0.2, -0.15) is 10.1 Å². The maximum atomic E-state index is 12.8. The van der Waals surface area contributed by atoms with Crippen molar-refractivity contribution in [2.45, 2.75) is 19.3 Å². The number of carbonyl (C=O) groups excluding carboxylic acids is 2. The number of carbonyl (C=O) groups is 2. The quantitative estimate of drug-likeness (QED) is 0.649. The number of benzene rings is 1. The average molecular weight is 411 g/mol. The maximum absolute atomic E-state index is 12.8. The van der Waals surface area contributed by atoms with Crippen molar-refractivity contribution in [1.29, 1.82) is 0 Å². The summed E-state index contributed by atoms with van der Waals surface area (Å²) in [6.07, 6.45) is 4.51. The van der Waals surface area contributed by atoms with Gasteiger partial charge in [-0.25, -0.2) is 5.10 Å². The largest absolute Gasteiger partial charge is 0.482 e. The SMILES string of the molecule is O=C(Nc1ncn[nH]1)c1sc(-c2ccccc2)cc1OCC(=O)N1CCCCC1. The maximum Gasteiger partial charge on any atom is 0.271 e. The summed E-state index contributed by atoms with van der Waals surface area (Å²) in [7, 11) is 0. The van der Waals surface area contributed by atoms with Crippen LogP contribution in [0.1, 0.15) is 28.9 Å². The van der Waals surface area contributed by atoms with E-state index < -0.39 is 0 Å². The molecule has 3 heterocycles. The number of nitrogens with zero attached hydrogens (tertiary/aromatic N) is 3. The van der Waals surface area contributed by atoms with Gasteiger partial charge in [0.15, 0.2) is 6.61 Å². The number of ether oxygens (including phenoxy) is 1. The van der Waals surface area contributed by atoms with Gasteiger partial charge in [0.1, 0.15) is 17.0 Å². The molecule has 2 amide bonds. The summed E-state index contributed by atoms with van der Waals surface area (Å²) in [4.78, 5) is 32.2. The Balaban J connectivity index is 1.54. The second kappa shape index (κ2) is 8.87. The first-order chi connectivity index (χ1) is 14.2. The highest BCUT2D eigenvalue weighted by molar-refractivity contribution is 7.17. The number of aromatic amines is 1. The van der Waals surface area contributed by atoms with Crippen LogP contribution in [-0.4, -0.2) is 51.6 Å². The van der Waals surface area contributed by atoms with Crippen LogP contribution in [0.2, 0.25) is 0 Å². The van der Waals surface area contributed by atoms with Gasteiger partial charge in [0.25, 0.3) is 11.8 Å². The number of amides is 2. The lowest BCUT2D eigenvalue weighted by Crippen LogP contribution is -2.38. The topological polar surface area (TPSA) is 100 Å². The number of aromatic nitrogens is 3. The Bertz CT molecular complexity index is 965. The fourth-order valence-corrected chi connectivity index (χ4v) is 4.19. The highest BCUT2D eigenvalue weighted by atomic mass is 32.1. The van der Waals surface area contributed by atoms with Crippen LogP contribution < -0.4 is 10.1 Å². The number of anilines is 1. The number of rotatable bonds is 6. The lowest BCUT2D eigenvalue weighted by atomic mass is 10.1. The molecule has 0 spiro atoms. The summed E-state index contributed by atoms with van der Waals surface area (Å²) < 4.78 is 5.81. The summed E-state index contributed by atoms with van der Waals surface area (Å²) in [5.74, 6) is 0.212. The molecular formula is C20H21N5O3S. The minimum atomic E-state index is -0.366. The fourth-order valence-electron chi connectivity index (χ4n) is 3.19. The van der Waals surface area contributed by atoms with Crippen LogP contribution in [0.25, 0.3) is 10.4 Å². The van der Waals surface area contributed by atoms with E-state index in [1.165, 1.54) is 17.7 Å². The van der Waals surface area contributed by atoms with Gasteiger partial charge in [0.05, 0.1) is 0 Å². The van der Waals surface area contributed by atoms with E-state index in [0.717, 1.165) is 42.8 Å². The van der Waals surface area contributed by atoms with Crippen LogP contribution in [0.5, 0.6) is 5.75 Å². The number of H-pyrrole nitrogens is 1. The molecule has 1 aliphatic heterocycles. The molecule has 150 valence electrons. The Hall–Kier alpha value is -3.20. The first-order valence-corrected chi connectivity index (χ1v) is 10.3. The van der Waals surface area contributed by atoms with E-state index in [1.54, 1.807) is 6.07 Å². The summed E-state index contributed by atoms with van der Waals surface area (Å²) in [6, 6.07) is 11.5. The van der Waals surface area contributed by atoms with Gasteiger partial charge in [0, 0.05) is 18.0 Å². The summed E-state index contributed by atoms with van der Waals surface area (Å²) in [6.45, 7) is 1.44. The Morgan fingerprint density at radius 1 is 1.17 bits per heavy atom. The second-order valence-electron chi connectivity index (χ2n) is 6.69. The molecule has 0 unspecified atom stereocenters. The molecule has 2 N–H and O–H groups in total. The number of hydrogen-bond donors (Lipinski definition) is 2. The minimum absolute atomic E-state index is 0.0567. The molecule has 9 heteroatoms. The summed E-state index contributed by atoms with van der Waals surface area (Å²) in [5, 5.41) is 8.99. The third-order valence-electron chi connectivity index (χ3n) is 4.67. The predicted molar refractivity (Wildman–Crippen MR) is 110 cm³/mol. The molecule has 0 saturated carbocycles. The number of piperidine rings is 1. The van der Waals surface area contributed by atoms with Gasteiger partial charge >= 0.3 is 0 Å². The first-order valence-electron chi connectivity index (χ1n) is 9.47. The third kappa shape index (κ3) is 4.62. The van der Waals surface area contributed by atoms with Crippen molar-refractivity contribution in [2.24, 2.45) is 0 Å². The van der Waals surface area contributed by atoms with E-state index in [4.69, 9.17) is 4.74 Å². The molecule has 0 aliphatic carbocycles. The van der Waals surface area contributed by atoms with Gasteiger partial charge < -0.3 is 9.64 Å². The second-order valence-corrected chi connectivity index (χ2v) is 7.74. The standard InChI is InChI=1S/C20H21N5O3S/c26-17(25-9-5-2-6-10-25)12-28-15-11-16(14-7-3-1-4-8-14)29-18(15)19(27)23-20-21-13-22-24-20/h1,3-4,7-8,11,13H,2,5-6,9-10,12H2,(H2,21,22,23,24,27). The van der Waals surface area contributed by atoms with Crippen molar-refractivity contribution in [3.05, 3.63) is 47.6 Å². The molecule has 1 fully saturated rings. The molecule has 0 bridgehead atoms. The molecule has 0 radical (unpaired) electrons. The molecule has 2 aromatic heterocycles. The zero-order chi connectivity index (χ0) is 20.1. The van der Waals surface area contributed by atoms with Crippen LogP contribution in [0.4, 0.5) is 5.95 Å². The van der Waals surface area contributed by atoms with Crippen LogP contribution in [0.3, 0.4) is 0 Å². The van der Waals surface area contributed by atoms with Gasteiger partial charge in [-0.1, -0.05) is 30.3 Å². The van der Waals surface area contributed by atoms with Crippen molar-refractivity contribution in [3.63, 3.8) is 0 Å². The first kappa shape index (κ1) is 19.1. The van der Waals surface area contributed by atoms with E-state index in [9.17, 15) is 9.59 Å². The normalized spacial score (nSPS) is 13.9. The summed E-state index contributed by atoms with van der Waals surface area (Å²) in [5.41, 5.74) is 0.975. The molecule has 0 atom stereocenters. The van der Waals surface area contributed by atoms with Crippen LogP contribution in [0, 0.1) is 0 Å². The highest BCUT2D eigenvalue weighted by Gasteiger charge is 2.22. The zero-order valence-electron chi connectivity index (χ0n) is 15.8. The number of thiophene rings is 1. The fraction of sp³-hybridized carbons (Fsp3) is 0.300. The van der Waals surface area contributed by atoms with Crippen molar-refractivity contribution >= 4 is 29.1 Å². The van der Waals surface area contributed by atoms with Crippen molar-refractivity contribution in [3.8, 4) is 16.2 Å². The van der Waals surface area contributed by atoms with Gasteiger partial charge in [-0.3, -0.25) is 14.9 Å². The number of nitrogens with one attached hydrogen (secondary N) is 2. The molecule has 1 aromatic carbocycles. The van der Waals surface area contributed by atoms with E-state index >= 15 is 0 Å². The lowest BCUT2D eigenvalue weighted by molar-refractivity contribution is -0.134. The molecule has 4 rings (SSSR count). The van der Waals surface area contributed by atoms with Crippen molar-refractivity contribution < 1.29 is 14.3 Å².